The van der Waals surface area contributed by atoms with Gasteiger partial charge in [0.15, 0.2) is 11.1 Å². The van der Waals surface area contributed by atoms with E-state index in [1.54, 1.807) is 0 Å². The third-order valence-electron chi connectivity index (χ3n) is 0.923. The first-order valence-electron chi connectivity index (χ1n) is 2.85. The molecule has 0 aliphatic rings. The molecule has 0 aliphatic carbocycles. The van der Waals surface area contributed by atoms with Crippen LogP contribution in [0.2, 0.25) is 0 Å². The summed E-state index contributed by atoms with van der Waals surface area (Å²) in [6, 6.07) is 0. The molecule has 3 heteroatoms. The van der Waals surface area contributed by atoms with E-state index in [4.69, 9.17) is 4.55 Å². The van der Waals surface area contributed by atoms with Gasteiger partial charge in [-0.3, -0.25) is 0 Å². The molecule has 2 nitrogen and oxygen atoms in total. The quantitative estimate of drug-likeness (QED) is 0.468. The molecule has 0 spiro atoms. The maximum absolute atomic E-state index is 9.99. The minimum absolute atomic E-state index is 0.438. The van der Waals surface area contributed by atoms with Crippen molar-refractivity contribution in [3.8, 4) is 0 Å². The van der Waals surface area contributed by atoms with Crippen LogP contribution in [0.4, 0.5) is 0 Å². The zero-order valence-electron chi connectivity index (χ0n) is 5.09. The normalized spacial score (nSPS) is 13.8. The van der Waals surface area contributed by atoms with Crippen molar-refractivity contribution >= 4 is 11.1 Å². The largest absolute Gasteiger partial charge is 0.306 e. The lowest BCUT2D eigenvalue weighted by Crippen LogP contribution is -1.93. The number of hydrogen-bond donors (Lipinski definition) is 1. The zero-order valence-corrected chi connectivity index (χ0v) is 5.91. The van der Waals surface area contributed by atoms with E-state index in [9.17, 15) is 4.21 Å². The van der Waals surface area contributed by atoms with E-state index >= 15 is 0 Å². The molecule has 0 aromatic rings. The first kappa shape index (κ1) is 8.11. The Kier molecular flexibility index (Phi) is 5.32. The summed E-state index contributed by atoms with van der Waals surface area (Å²) in [6.07, 6.45) is 3.04. The van der Waals surface area contributed by atoms with E-state index in [1.807, 2.05) is 0 Å². The molecule has 0 radical (unpaired) electrons. The highest BCUT2D eigenvalue weighted by Gasteiger charge is 1.89. The highest BCUT2D eigenvalue weighted by Crippen LogP contribution is 1.93. The minimum Gasteiger partial charge on any atom is -0.306 e. The van der Waals surface area contributed by atoms with Crippen LogP contribution in [0, 0.1) is 0 Å². The summed E-state index contributed by atoms with van der Waals surface area (Å²) < 4.78 is 18.2. The summed E-state index contributed by atoms with van der Waals surface area (Å²) in [7, 11) is 0. The van der Waals surface area contributed by atoms with E-state index in [2.05, 4.69) is 6.92 Å². The van der Waals surface area contributed by atoms with Crippen LogP contribution in [0.3, 0.4) is 0 Å². The Balaban J connectivity index is 2.82. The van der Waals surface area contributed by atoms with Crippen LogP contribution in [0.5, 0.6) is 0 Å². The second-order valence-electron chi connectivity index (χ2n) is 1.73. The average Bonchev–Trinajstić information content (AvgIpc) is 1.66. The van der Waals surface area contributed by atoms with Crippen LogP contribution in [0.1, 0.15) is 26.2 Å². The van der Waals surface area contributed by atoms with Crippen LogP contribution in [0.15, 0.2) is 0 Å². The molecule has 1 N–H and O–H groups in total. The molecule has 1 unspecified atom stereocenters. The molecule has 0 amide bonds. The number of unbranched alkanes of at least 4 members (excludes halogenated alkanes) is 2. The van der Waals surface area contributed by atoms with E-state index in [0.717, 1.165) is 19.3 Å². The van der Waals surface area contributed by atoms with Crippen LogP contribution in [-0.2, 0) is 11.1 Å². The van der Waals surface area contributed by atoms with E-state index in [-0.39, 0.29) is 0 Å². The zero-order chi connectivity index (χ0) is 6.41. The second-order valence-corrected chi connectivity index (χ2v) is 2.78. The van der Waals surface area contributed by atoms with Crippen LogP contribution in [-0.4, -0.2) is 14.5 Å². The summed E-state index contributed by atoms with van der Waals surface area (Å²) in [5.74, 6) is 0.438. The molecular formula is C5H12O2S. The summed E-state index contributed by atoms with van der Waals surface area (Å²) >= 11 is -1.57. The first-order valence-corrected chi connectivity index (χ1v) is 4.12. The average molecular weight is 136 g/mol. The van der Waals surface area contributed by atoms with Crippen molar-refractivity contribution in [2.45, 2.75) is 26.2 Å². The van der Waals surface area contributed by atoms with Gasteiger partial charge in [0, 0.05) is 5.75 Å². The van der Waals surface area contributed by atoms with Crippen LogP contribution >= 0.6 is 0 Å². The monoisotopic (exact) mass is 136 g/mol. The van der Waals surface area contributed by atoms with Crippen molar-refractivity contribution in [2.24, 2.45) is 0 Å². The number of rotatable bonds is 4. The fourth-order valence-corrected chi connectivity index (χ4v) is 0.927. The third-order valence-corrected chi connectivity index (χ3v) is 1.56. The van der Waals surface area contributed by atoms with Crippen molar-refractivity contribution < 1.29 is 8.76 Å². The lowest BCUT2D eigenvalue weighted by atomic mass is 10.3. The standard InChI is InChI=1S/C5H12O2S/c1-2-3-4-5-8(6)7/h2-5H2,1H3,(H,6,7). The molecule has 0 heterocycles. The van der Waals surface area contributed by atoms with Gasteiger partial charge in [0.25, 0.3) is 0 Å². The maximum Gasteiger partial charge on any atom is 0.152 e. The molecular weight excluding hydrogens is 124 g/mol. The molecule has 0 saturated carbocycles. The Morgan fingerprint density at radius 2 is 2.12 bits per heavy atom. The third kappa shape index (κ3) is 6.11. The highest BCUT2D eigenvalue weighted by molar-refractivity contribution is 7.79. The van der Waals surface area contributed by atoms with Gasteiger partial charge in [-0.25, -0.2) is 4.21 Å². The summed E-state index contributed by atoms with van der Waals surface area (Å²) in [5, 5.41) is 0. The first-order chi connectivity index (χ1) is 3.77. The lowest BCUT2D eigenvalue weighted by molar-refractivity contribution is 0.559. The van der Waals surface area contributed by atoms with Crippen molar-refractivity contribution in [1.29, 1.82) is 0 Å². The van der Waals surface area contributed by atoms with Crippen LogP contribution < -0.4 is 0 Å². The van der Waals surface area contributed by atoms with E-state index in [0.29, 0.717) is 5.75 Å². The molecule has 0 fully saturated rings. The van der Waals surface area contributed by atoms with E-state index < -0.39 is 11.1 Å². The Bertz CT molecular complexity index is 72.8. The summed E-state index contributed by atoms with van der Waals surface area (Å²) in [6.45, 7) is 2.07. The van der Waals surface area contributed by atoms with Crippen molar-refractivity contribution in [3.63, 3.8) is 0 Å². The topological polar surface area (TPSA) is 37.3 Å². The van der Waals surface area contributed by atoms with Crippen molar-refractivity contribution in [2.75, 3.05) is 5.75 Å². The molecule has 0 aliphatic heterocycles. The minimum atomic E-state index is -1.57. The van der Waals surface area contributed by atoms with Gasteiger partial charge in [-0.05, 0) is 6.42 Å². The molecule has 0 rings (SSSR count). The molecule has 8 heavy (non-hydrogen) atoms. The summed E-state index contributed by atoms with van der Waals surface area (Å²) in [4.78, 5) is 0. The second kappa shape index (κ2) is 5.25. The molecule has 0 aromatic heterocycles. The number of hydrogen-bond acceptors (Lipinski definition) is 1. The van der Waals surface area contributed by atoms with Gasteiger partial charge in [0.05, 0.1) is 0 Å². The van der Waals surface area contributed by atoms with Gasteiger partial charge >= 0.3 is 0 Å². The van der Waals surface area contributed by atoms with Gasteiger partial charge in [-0.1, -0.05) is 19.8 Å². The van der Waals surface area contributed by atoms with Gasteiger partial charge < -0.3 is 4.55 Å². The SMILES string of the molecule is CCCCCS(=O)O. The Labute approximate surface area is 52.6 Å². The fraction of sp³-hybridized carbons (Fsp3) is 1.00. The van der Waals surface area contributed by atoms with Crippen molar-refractivity contribution in [1.82, 2.24) is 0 Å². The molecule has 50 valence electrons. The Hall–Kier alpha value is 0.110. The maximum atomic E-state index is 9.99. The van der Waals surface area contributed by atoms with Crippen molar-refractivity contribution in [3.05, 3.63) is 0 Å². The molecule has 1 atom stereocenters. The van der Waals surface area contributed by atoms with Gasteiger partial charge in [-0.15, -0.1) is 0 Å². The van der Waals surface area contributed by atoms with E-state index in [1.165, 1.54) is 0 Å². The van der Waals surface area contributed by atoms with Gasteiger partial charge in [0.2, 0.25) is 0 Å². The van der Waals surface area contributed by atoms with Gasteiger partial charge in [-0.2, -0.15) is 0 Å². The predicted octanol–water partition coefficient (Wildman–Crippen LogP) is 1.40. The molecule has 0 saturated heterocycles. The van der Waals surface area contributed by atoms with Gasteiger partial charge in [0.1, 0.15) is 0 Å². The molecule has 0 aromatic carbocycles. The lowest BCUT2D eigenvalue weighted by Gasteiger charge is -1.90. The van der Waals surface area contributed by atoms with Crippen LogP contribution in [0.25, 0.3) is 0 Å². The fourth-order valence-electron chi connectivity index (χ4n) is 0.476. The predicted molar refractivity (Wildman–Crippen MR) is 35.2 cm³/mol. The summed E-state index contributed by atoms with van der Waals surface area (Å²) in [5.41, 5.74) is 0. The highest BCUT2D eigenvalue weighted by atomic mass is 32.2. The molecule has 0 bridgehead atoms. The smallest absolute Gasteiger partial charge is 0.152 e. The Morgan fingerprint density at radius 1 is 1.50 bits per heavy atom. The Morgan fingerprint density at radius 3 is 2.50 bits per heavy atom.